The predicted octanol–water partition coefficient (Wildman–Crippen LogP) is 1.74. The number of aryl methyl sites for hydroxylation is 1. The topological polar surface area (TPSA) is 50.9 Å². The van der Waals surface area contributed by atoms with Gasteiger partial charge in [0.25, 0.3) is 0 Å². The van der Waals surface area contributed by atoms with E-state index in [1.807, 2.05) is 19.1 Å². The maximum absolute atomic E-state index is 9.24. The Balaban J connectivity index is 2.98. The maximum atomic E-state index is 9.24. The standard InChI is InChI=1S/C7H6BrN3O/c1-4-2-3-5(8)6-7(4)11(12)10-9-6/h2-3,12H,1H3. The first-order valence-corrected chi connectivity index (χ1v) is 4.19. The highest BCUT2D eigenvalue weighted by molar-refractivity contribution is 9.10. The molecule has 0 unspecified atom stereocenters. The van der Waals surface area contributed by atoms with Gasteiger partial charge in [-0.3, -0.25) is 0 Å². The minimum absolute atomic E-state index is 0.643. The van der Waals surface area contributed by atoms with Crippen molar-refractivity contribution in [1.82, 2.24) is 15.2 Å². The van der Waals surface area contributed by atoms with Crippen LogP contribution in [0.15, 0.2) is 16.6 Å². The highest BCUT2D eigenvalue weighted by Crippen LogP contribution is 2.23. The Morgan fingerprint density at radius 3 is 2.92 bits per heavy atom. The number of aromatic nitrogens is 3. The Kier molecular flexibility index (Phi) is 1.54. The lowest BCUT2D eigenvalue weighted by Gasteiger charge is -1.96. The van der Waals surface area contributed by atoms with Crippen LogP contribution < -0.4 is 0 Å². The van der Waals surface area contributed by atoms with Crippen LogP contribution in [0.2, 0.25) is 0 Å². The summed E-state index contributed by atoms with van der Waals surface area (Å²) in [7, 11) is 0. The van der Waals surface area contributed by atoms with Gasteiger partial charge in [0.1, 0.15) is 11.0 Å². The van der Waals surface area contributed by atoms with Crippen molar-refractivity contribution in [2.45, 2.75) is 6.92 Å². The van der Waals surface area contributed by atoms with Gasteiger partial charge in [-0.1, -0.05) is 10.9 Å². The molecule has 2 aromatic rings. The largest absolute Gasteiger partial charge is 0.410 e. The van der Waals surface area contributed by atoms with Gasteiger partial charge < -0.3 is 5.21 Å². The zero-order valence-corrected chi connectivity index (χ0v) is 7.91. The molecule has 1 heterocycles. The molecule has 0 amide bonds. The number of halogens is 1. The van der Waals surface area contributed by atoms with E-state index in [2.05, 4.69) is 26.2 Å². The maximum Gasteiger partial charge on any atom is 0.134 e. The van der Waals surface area contributed by atoms with Gasteiger partial charge in [0.05, 0.1) is 0 Å². The predicted molar refractivity (Wildman–Crippen MR) is 47.1 cm³/mol. The molecule has 0 bridgehead atoms. The Morgan fingerprint density at radius 2 is 2.25 bits per heavy atom. The van der Waals surface area contributed by atoms with E-state index >= 15 is 0 Å². The molecule has 1 aromatic heterocycles. The number of benzene rings is 1. The fraction of sp³-hybridized carbons (Fsp3) is 0.143. The van der Waals surface area contributed by atoms with Crippen molar-refractivity contribution in [2.75, 3.05) is 0 Å². The summed E-state index contributed by atoms with van der Waals surface area (Å²) in [5, 5.41) is 16.5. The molecule has 5 heteroatoms. The molecule has 0 fully saturated rings. The monoisotopic (exact) mass is 227 g/mol. The SMILES string of the molecule is Cc1ccc(Br)c2nnn(O)c12. The van der Waals surface area contributed by atoms with Crippen LogP contribution in [-0.4, -0.2) is 20.4 Å². The van der Waals surface area contributed by atoms with Crippen molar-refractivity contribution in [2.24, 2.45) is 0 Å². The van der Waals surface area contributed by atoms with Gasteiger partial charge in [0, 0.05) is 4.47 Å². The Morgan fingerprint density at radius 1 is 1.50 bits per heavy atom. The summed E-state index contributed by atoms with van der Waals surface area (Å²) in [6, 6.07) is 3.77. The third kappa shape index (κ3) is 0.896. The highest BCUT2D eigenvalue weighted by atomic mass is 79.9. The third-order valence-corrected chi connectivity index (χ3v) is 2.37. The lowest BCUT2D eigenvalue weighted by Crippen LogP contribution is -1.93. The molecule has 0 saturated carbocycles. The first-order chi connectivity index (χ1) is 5.70. The molecular formula is C7H6BrN3O. The summed E-state index contributed by atoms with van der Waals surface area (Å²) < 4.78 is 0.836. The summed E-state index contributed by atoms with van der Waals surface area (Å²) >= 11 is 3.32. The fourth-order valence-electron chi connectivity index (χ4n) is 1.14. The molecule has 1 N–H and O–H groups in total. The minimum atomic E-state index is 0.643. The molecule has 0 spiro atoms. The fourth-order valence-corrected chi connectivity index (χ4v) is 1.53. The van der Waals surface area contributed by atoms with Crippen LogP contribution in [-0.2, 0) is 0 Å². The number of hydrogen-bond acceptors (Lipinski definition) is 3. The zero-order chi connectivity index (χ0) is 8.72. The summed E-state index contributed by atoms with van der Waals surface area (Å²) in [5.74, 6) is 0. The highest BCUT2D eigenvalue weighted by Gasteiger charge is 2.08. The average Bonchev–Trinajstić information content (AvgIpc) is 2.42. The van der Waals surface area contributed by atoms with Crippen LogP contribution in [0, 0.1) is 6.92 Å². The molecule has 12 heavy (non-hydrogen) atoms. The van der Waals surface area contributed by atoms with E-state index in [4.69, 9.17) is 0 Å². The summed E-state index contributed by atoms with van der Waals surface area (Å²) in [6.07, 6.45) is 0. The van der Waals surface area contributed by atoms with Crippen molar-refractivity contribution in [3.8, 4) is 0 Å². The molecule has 0 aliphatic heterocycles. The third-order valence-electron chi connectivity index (χ3n) is 1.73. The first-order valence-electron chi connectivity index (χ1n) is 3.40. The zero-order valence-electron chi connectivity index (χ0n) is 6.32. The molecule has 1 aromatic carbocycles. The quantitative estimate of drug-likeness (QED) is 0.698. The minimum Gasteiger partial charge on any atom is -0.410 e. The van der Waals surface area contributed by atoms with Gasteiger partial charge in [-0.2, -0.15) is 0 Å². The number of fused-ring (bicyclic) bond motifs is 1. The lowest BCUT2D eigenvalue weighted by atomic mass is 10.2. The van der Waals surface area contributed by atoms with E-state index in [1.165, 1.54) is 0 Å². The summed E-state index contributed by atoms with van der Waals surface area (Å²) in [5.41, 5.74) is 2.27. The second-order valence-corrected chi connectivity index (χ2v) is 3.39. The molecule has 0 saturated heterocycles. The first kappa shape index (κ1) is 7.54. The molecule has 0 radical (unpaired) electrons. The molecule has 4 nitrogen and oxygen atoms in total. The molecule has 0 aliphatic carbocycles. The van der Waals surface area contributed by atoms with Crippen molar-refractivity contribution in [3.63, 3.8) is 0 Å². The van der Waals surface area contributed by atoms with Crippen molar-refractivity contribution in [3.05, 3.63) is 22.2 Å². The van der Waals surface area contributed by atoms with Gasteiger partial charge in [0.15, 0.2) is 0 Å². The van der Waals surface area contributed by atoms with Gasteiger partial charge in [0.2, 0.25) is 0 Å². The smallest absolute Gasteiger partial charge is 0.134 e. The number of hydrogen-bond donors (Lipinski definition) is 1. The van der Waals surface area contributed by atoms with E-state index in [-0.39, 0.29) is 0 Å². The normalized spacial score (nSPS) is 10.8. The number of nitrogens with zero attached hydrogens (tertiary/aromatic N) is 3. The van der Waals surface area contributed by atoms with Crippen molar-refractivity contribution < 1.29 is 5.21 Å². The number of rotatable bonds is 0. The molecular weight excluding hydrogens is 222 g/mol. The second-order valence-electron chi connectivity index (χ2n) is 2.54. The van der Waals surface area contributed by atoms with Gasteiger partial charge in [-0.15, -0.1) is 5.10 Å². The van der Waals surface area contributed by atoms with Crippen LogP contribution in [0.25, 0.3) is 11.0 Å². The Labute approximate surface area is 76.9 Å². The van der Waals surface area contributed by atoms with Gasteiger partial charge >= 0.3 is 0 Å². The summed E-state index contributed by atoms with van der Waals surface area (Å²) in [6.45, 7) is 1.89. The van der Waals surface area contributed by atoms with E-state index in [0.29, 0.717) is 11.0 Å². The van der Waals surface area contributed by atoms with Crippen LogP contribution in [0.5, 0.6) is 0 Å². The van der Waals surface area contributed by atoms with Gasteiger partial charge in [-0.25, -0.2) is 0 Å². The van der Waals surface area contributed by atoms with Crippen LogP contribution in [0.3, 0.4) is 0 Å². The summed E-state index contributed by atoms with van der Waals surface area (Å²) in [4.78, 5) is 0.787. The second kappa shape index (κ2) is 2.45. The van der Waals surface area contributed by atoms with E-state index in [1.54, 1.807) is 0 Å². The Bertz CT molecular complexity index is 437. The van der Waals surface area contributed by atoms with Crippen LogP contribution in [0.1, 0.15) is 5.56 Å². The van der Waals surface area contributed by atoms with Crippen molar-refractivity contribution >= 4 is 27.0 Å². The molecule has 2 rings (SSSR count). The van der Waals surface area contributed by atoms with Crippen molar-refractivity contribution in [1.29, 1.82) is 0 Å². The van der Waals surface area contributed by atoms with Crippen LogP contribution >= 0.6 is 15.9 Å². The molecule has 0 atom stereocenters. The average molecular weight is 228 g/mol. The molecule has 62 valence electrons. The van der Waals surface area contributed by atoms with Gasteiger partial charge in [-0.05, 0) is 39.7 Å². The Hall–Kier alpha value is -1.10. The van der Waals surface area contributed by atoms with Crippen LogP contribution in [0.4, 0.5) is 0 Å². The van der Waals surface area contributed by atoms with E-state index < -0.39 is 0 Å². The lowest BCUT2D eigenvalue weighted by molar-refractivity contribution is 0.154. The van der Waals surface area contributed by atoms with E-state index in [9.17, 15) is 5.21 Å². The molecule has 0 aliphatic rings. The van der Waals surface area contributed by atoms with E-state index in [0.717, 1.165) is 14.9 Å².